The van der Waals surface area contributed by atoms with Crippen LogP contribution in [0.4, 0.5) is 13.2 Å². The van der Waals surface area contributed by atoms with E-state index in [0.29, 0.717) is 5.41 Å². The van der Waals surface area contributed by atoms with Crippen LogP contribution in [0.3, 0.4) is 0 Å². The molecule has 8 aliphatic rings. The van der Waals surface area contributed by atoms with Crippen molar-refractivity contribution >= 4 is 0 Å². The number of rotatable bonds is 6. The zero-order chi connectivity index (χ0) is 102. The molecule has 2 atom stereocenters. The maximum atomic E-state index is 14.4. The number of fused-ring (bicyclic) bond motifs is 23. The monoisotopic (exact) mass is 1920 g/mol. The van der Waals surface area contributed by atoms with Crippen LogP contribution < -0.4 is 0 Å². The van der Waals surface area contributed by atoms with Gasteiger partial charge in [0, 0.05) is 27.1 Å². The fourth-order valence-electron chi connectivity index (χ4n) is 26.4. The Morgan fingerprint density at radius 2 is 0.358 bits per heavy atom. The van der Waals surface area contributed by atoms with E-state index >= 15 is 0 Å². The molecule has 1 spiro atoms. The van der Waals surface area contributed by atoms with Gasteiger partial charge in [0.2, 0.25) is 0 Å². The summed E-state index contributed by atoms with van der Waals surface area (Å²) in [5, 5.41) is 0. The molecule has 0 heterocycles. The van der Waals surface area contributed by atoms with E-state index in [1.807, 2.05) is 48.5 Å². The molecule has 0 aromatic heterocycles. The Labute approximate surface area is 873 Å². The lowest BCUT2D eigenvalue weighted by Gasteiger charge is -2.36. The van der Waals surface area contributed by atoms with Crippen LogP contribution in [0.1, 0.15) is 224 Å². The van der Waals surface area contributed by atoms with Gasteiger partial charge < -0.3 is 0 Å². The summed E-state index contributed by atoms with van der Waals surface area (Å²) in [6.07, 6.45) is 6.83. The Morgan fingerprint density at radius 1 is 0.155 bits per heavy atom. The molecule has 0 radical (unpaired) electrons. The molecule has 148 heavy (non-hydrogen) atoms. The van der Waals surface area contributed by atoms with E-state index in [1.54, 1.807) is 47.5 Å². The molecule has 20 aromatic carbocycles. The molecule has 0 aliphatic heterocycles. The molecule has 726 valence electrons. The molecule has 0 saturated heterocycles. The van der Waals surface area contributed by atoms with Crippen molar-refractivity contribution in [3.8, 4) is 77.9 Å². The predicted molar refractivity (Wildman–Crippen MR) is 612 cm³/mol. The maximum Gasteiger partial charge on any atom is 0.123 e. The molecule has 0 N–H and O–H groups in total. The van der Waals surface area contributed by atoms with Crippen molar-refractivity contribution in [2.75, 3.05) is 0 Å². The second kappa shape index (κ2) is 38.9. The van der Waals surface area contributed by atoms with Gasteiger partial charge in [-0.05, 0) is 301 Å². The third-order valence-corrected chi connectivity index (χ3v) is 33.6. The van der Waals surface area contributed by atoms with Crippen LogP contribution in [0, 0.1) is 65.9 Å². The van der Waals surface area contributed by atoms with Crippen molar-refractivity contribution in [3.05, 3.63) is 629 Å². The van der Waals surface area contributed by atoms with Gasteiger partial charge in [0.05, 0.1) is 10.8 Å². The summed E-state index contributed by atoms with van der Waals surface area (Å²) in [5.41, 5.74) is 52.8. The van der Waals surface area contributed by atoms with Crippen LogP contribution in [0.2, 0.25) is 0 Å². The first-order valence-corrected chi connectivity index (χ1v) is 52.7. The zero-order valence-corrected chi connectivity index (χ0v) is 87.0. The van der Waals surface area contributed by atoms with Crippen molar-refractivity contribution in [1.82, 2.24) is 0 Å². The van der Waals surface area contributed by atoms with Gasteiger partial charge in [-0.3, -0.25) is 0 Å². The van der Waals surface area contributed by atoms with Gasteiger partial charge in [0.15, 0.2) is 0 Å². The summed E-state index contributed by atoms with van der Waals surface area (Å²) in [6, 6.07) is 162. The Morgan fingerprint density at radius 3 is 0.730 bits per heavy atom. The summed E-state index contributed by atoms with van der Waals surface area (Å²) < 4.78 is 41.8. The minimum absolute atomic E-state index is 0.0563. The lowest BCUT2D eigenvalue weighted by atomic mass is 9.67. The molecule has 8 aliphatic carbocycles. The SMILES string of the molecule is Cc1ccc2c(c1)C(C)(C)c1cc(F)ccc1-2.Cc1ccc2c(c1)C(C)(C)c1ccccc1-2.Cc1ccc2c(c1)C(C)(c1ccccc1)c1cc(F)ccc1-2.Cc1ccc2c(c1)C(C)(c1ccccc1)c1ccccc1-2.Cc1ccc2c(c1)C(c1ccccc1)(c1ccccc1)c1cc(F)ccc1-2.Cc1ccc2c(c1)C(c1ccccc1)(c1ccccc1)c1ccccc1-2.Cc1ccc2c(c1)C1(CCCCC1)c1ccccc1-2. The van der Waals surface area contributed by atoms with Crippen molar-refractivity contribution in [1.29, 1.82) is 0 Å². The van der Waals surface area contributed by atoms with Crippen LogP contribution in [-0.2, 0) is 37.9 Å². The van der Waals surface area contributed by atoms with Crippen molar-refractivity contribution in [3.63, 3.8) is 0 Å². The molecule has 20 aromatic rings. The van der Waals surface area contributed by atoms with Crippen molar-refractivity contribution < 1.29 is 13.2 Å². The summed E-state index contributed by atoms with van der Waals surface area (Å²) in [5.74, 6) is -0.527. The van der Waals surface area contributed by atoms with E-state index in [-0.39, 0.29) is 44.5 Å². The van der Waals surface area contributed by atoms with Gasteiger partial charge >= 0.3 is 0 Å². The summed E-state index contributed by atoms with van der Waals surface area (Å²) in [6.45, 7) is 28.6. The topological polar surface area (TPSA) is 0 Å². The third-order valence-electron chi connectivity index (χ3n) is 33.6. The van der Waals surface area contributed by atoms with E-state index in [2.05, 4.69) is 466 Å². The van der Waals surface area contributed by atoms with E-state index in [1.165, 1.54) is 210 Å². The number of halogens is 3. The molecule has 28 rings (SSSR count). The van der Waals surface area contributed by atoms with Gasteiger partial charge in [0.1, 0.15) is 17.5 Å². The average molecular weight is 1920 g/mol. The quantitative estimate of drug-likeness (QED) is 0.156. The van der Waals surface area contributed by atoms with Crippen LogP contribution >= 0.6 is 0 Å². The molecule has 0 nitrogen and oxygen atoms in total. The second-order valence-electron chi connectivity index (χ2n) is 43.4. The van der Waals surface area contributed by atoms with Crippen LogP contribution in [0.15, 0.2) is 461 Å². The number of hydrogen-bond acceptors (Lipinski definition) is 0. The Bertz CT molecular complexity index is 8190. The number of aryl methyl sites for hydroxylation is 7. The molecule has 1 fully saturated rings. The van der Waals surface area contributed by atoms with Crippen LogP contribution in [0.25, 0.3) is 77.9 Å². The smallest absolute Gasteiger partial charge is 0.123 e. The first-order chi connectivity index (χ1) is 71.7. The number of hydrogen-bond donors (Lipinski definition) is 0. The van der Waals surface area contributed by atoms with Gasteiger partial charge in [-0.2, -0.15) is 0 Å². The standard InChI is InChI=1S/C26H19F.C26H20.C21H17F.C21H18.C19H20.C16H15F.C16H16/c1-18-12-14-22-23-15-13-21(27)17-25(23)26(24(22)16-18,19-8-4-2-5-9-19)20-10-6-3-7-11-20;1-19-16-17-23-22-14-8-9-15-24(22)26(25(23)18-19,20-10-4-2-5-11-20)21-12-6-3-7-13-21;1-14-8-10-17-18-11-9-16(22)13-20(18)21(2,19(17)12-14)15-6-4-3-5-7-15;1-15-12-13-18-17-10-6-7-11-19(17)21(2,20(18)14-15)16-8-4-3-5-9-16;1-14-9-10-16-15-7-3-4-8-17(15)19(18(16)13-14)11-5-2-6-12-19;1-10-4-6-12-13-7-5-11(17)9-15(13)16(2,3)14(12)8-10;1-11-8-9-13-12-6-4-5-7-14(12)16(2,3)15(13)10-11/h2-17H,1H3;2-18H,1H3;3-13H,1-2H3;3-14H,1-2H3;3-4,7-10,13H,2,5-6,11-12H2,1H3;4-9H,1-3H3;4-10H,1-3H3. The lowest BCUT2D eigenvalue weighted by Crippen LogP contribution is -2.28. The van der Waals surface area contributed by atoms with E-state index in [4.69, 9.17) is 0 Å². The van der Waals surface area contributed by atoms with Crippen molar-refractivity contribution in [2.45, 2.75) is 160 Å². The molecule has 3 heteroatoms. The summed E-state index contributed by atoms with van der Waals surface area (Å²) in [4.78, 5) is 0. The molecular formula is C145H125F3. The fourth-order valence-corrected chi connectivity index (χ4v) is 26.4. The third kappa shape index (κ3) is 16.4. The highest BCUT2D eigenvalue weighted by molar-refractivity contribution is 5.91. The average Bonchev–Trinajstić information content (AvgIpc) is 1.53. The molecule has 2 unspecified atom stereocenters. The molecule has 0 amide bonds. The van der Waals surface area contributed by atoms with E-state index in [0.717, 1.165) is 38.9 Å². The molecule has 1 saturated carbocycles. The highest BCUT2D eigenvalue weighted by Crippen LogP contribution is 2.62. The first-order valence-electron chi connectivity index (χ1n) is 52.7. The zero-order valence-electron chi connectivity index (χ0n) is 87.0. The van der Waals surface area contributed by atoms with Crippen LogP contribution in [0.5, 0.6) is 0 Å². The Kier molecular flexibility index (Phi) is 25.5. The molecular weight excluding hydrogens is 1800 g/mol. The largest absolute Gasteiger partial charge is 0.207 e. The molecule has 0 bridgehead atoms. The van der Waals surface area contributed by atoms with Crippen LogP contribution in [-0.4, -0.2) is 0 Å². The Balaban J connectivity index is 0.0000000986. The fraction of sp³-hybridized carbons (Fsp3) is 0.172. The summed E-state index contributed by atoms with van der Waals surface area (Å²) in [7, 11) is 0. The first kappa shape index (κ1) is 96.9. The second-order valence-corrected chi connectivity index (χ2v) is 43.4. The lowest BCUT2D eigenvalue weighted by molar-refractivity contribution is 0.352. The maximum absolute atomic E-state index is 14.4. The predicted octanol–water partition coefficient (Wildman–Crippen LogP) is 37.6. The van der Waals surface area contributed by atoms with Gasteiger partial charge in [-0.1, -0.05) is 511 Å². The highest BCUT2D eigenvalue weighted by atomic mass is 19.1. The minimum Gasteiger partial charge on any atom is -0.207 e. The highest BCUT2D eigenvalue weighted by Gasteiger charge is 2.51. The number of benzene rings is 20. The van der Waals surface area contributed by atoms with Gasteiger partial charge in [0.25, 0.3) is 0 Å². The van der Waals surface area contributed by atoms with E-state index in [9.17, 15) is 13.2 Å². The Hall–Kier alpha value is -15.8. The van der Waals surface area contributed by atoms with Gasteiger partial charge in [-0.25, -0.2) is 13.2 Å². The minimum atomic E-state index is -0.513. The van der Waals surface area contributed by atoms with Gasteiger partial charge in [-0.15, -0.1) is 0 Å². The normalized spacial score (nSPS) is 16.4. The van der Waals surface area contributed by atoms with Crippen molar-refractivity contribution in [2.24, 2.45) is 0 Å². The van der Waals surface area contributed by atoms with E-state index < -0.39 is 5.41 Å². The summed E-state index contributed by atoms with van der Waals surface area (Å²) >= 11 is 0.